The van der Waals surface area contributed by atoms with Crippen LogP contribution in [0.4, 0.5) is 9.93 Å². The summed E-state index contributed by atoms with van der Waals surface area (Å²) in [5.74, 6) is 0. The van der Waals surface area contributed by atoms with Crippen molar-refractivity contribution >= 4 is 22.5 Å². The highest BCUT2D eigenvalue weighted by molar-refractivity contribution is 7.13. The third-order valence-electron chi connectivity index (χ3n) is 3.14. The fourth-order valence-electron chi connectivity index (χ4n) is 2.31. The number of aliphatic hydroxyl groups excluding tert-OH is 1. The van der Waals surface area contributed by atoms with Gasteiger partial charge in [-0.05, 0) is 11.1 Å². The van der Waals surface area contributed by atoms with Gasteiger partial charge in [0.2, 0.25) is 0 Å². The molecule has 0 radical (unpaired) electrons. The summed E-state index contributed by atoms with van der Waals surface area (Å²) in [5, 5.41) is 17.8. The lowest BCUT2D eigenvalue weighted by atomic mass is 10.1. The number of benzene rings is 1. The van der Waals surface area contributed by atoms with Crippen LogP contribution in [0.3, 0.4) is 0 Å². The Morgan fingerprint density at radius 1 is 1.42 bits per heavy atom. The molecule has 1 aromatic heterocycles. The monoisotopic (exact) mass is 275 g/mol. The molecule has 1 aromatic carbocycles. The van der Waals surface area contributed by atoms with Crippen molar-refractivity contribution in [1.29, 1.82) is 0 Å². The molecule has 1 heterocycles. The average molecular weight is 275 g/mol. The molecule has 3 N–H and O–H groups in total. The molecule has 0 bridgehead atoms. The molecule has 19 heavy (non-hydrogen) atoms. The molecular formula is C13H13N3O2S. The zero-order valence-electron chi connectivity index (χ0n) is 10.0. The lowest BCUT2D eigenvalue weighted by molar-refractivity contribution is 0.144. The minimum absolute atomic E-state index is 0.351. The van der Waals surface area contributed by atoms with Crippen molar-refractivity contribution in [3.8, 4) is 0 Å². The zero-order chi connectivity index (χ0) is 13.2. The van der Waals surface area contributed by atoms with Crippen LogP contribution in [0, 0.1) is 0 Å². The molecule has 6 heteroatoms. The van der Waals surface area contributed by atoms with Crippen LogP contribution in [0.15, 0.2) is 35.8 Å². The third-order valence-corrected chi connectivity index (χ3v) is 3.83. The molecule has 98 valence electrons. The molecule has 0 aliphatic heterocycles. The van der Waals surface area contributed by atoms with Crippen molar-refractivity contribution in [2.24, 2.45) is 0 Å². The van der Waals surface area contributed by atoms with E-state index in [1.165, 1.54) is 11.3 Å². The van der Waals surface area contributed by atoms with E-state index >= 15 is 0 Å². The van der Waals surface area contributed by atoms with Gasteiger partial charge in [0.1, 0.15) is 0 Å². The number of hydrogen-bond acceptors (Lipinski definition) is 4. The number of amides is 2. The molecule has 2 aromatic rings. The Bertz CT molecular complexity index is 585. The summed E-state index contributed by atoms with van der Waals surface area (Å²) < 4.78 is 0. The number of rotatable bonds is 2. The highest BCUT2D eigenvalue weighted by Gasteiger charge is 2.31. The number of urea groups is 1. The standard InChI is InChI=1S/C13H13N3O2S/c17-10-7-8-3-1-2-4-9(8)11(10)15-12(18)16-13-14-5-6-19-13/h1-6,10-11,17H,7H2,(H2,14,15,16,18). The summed E-state index contributed by atoms with van der Waals surface area (Å²) in [7, 11) is 0. The van der Waals surface area contributed by atoms with Crippen LogP contribution in [0.1, 0.15) is 17.2 Å². The van der Waals surface area contributed by atoms with Crippen LogP contribution in [0.25, 0.3) is 0 Å². The number of aliphatic hydroxyl groups is 1. The summed E-state index contributed by atoms with van der Waals surface area (Å²) in [5.41, 5.74) is 2.05. The smallest absolute Gasteiger partial charge is 0.321 e. The van der Waals surface area contributed by atoms with Gasteiger partial charge in [-0.1, -0.05) is 24.3 Å². The van der Waals surface area contributed by atoms with Crippen LogP contribution < -0.4 is 10.6 Å². The van der Waals surface area contributed by atoms with Crippen molar-refractivity contribution in [2.75, 3.05) is 5.32 Å². The van der Waals surface area contributed by atoms with E-state index in [4.69, 9.17) is 0 Å². The van der Waals surface area contributed by atoms with E-state index in [9.17, 15) is 9.90 Å². The Morgan fingerprint density at radius 2 is 2.26 bits per heavy atom. The maximum atomic E-state index is 11.9. The SMILES string of the molecule is O=C(Nc1nccs1)NC1c2ccccc2CC1O. The topological polar surface area (TPSA) is 74.2 Å². The van der Waals surface area contributed by atoms with Gasteiger partial charge in [0, 0.05) is 18.0 Å². The number of carbonyl (C=O) groups is 1. The first-order valence-corrected chi connectivity index (χ1v) is 6.85. The van der Waals surface area contributed by atoms with Crippen molar-refractivity contribution in [2.45, 2.75) is 18.6 Å². The third kappa shape index (κ3) is 2.45. The number of aromatic nitrogens is 1. The molecule has 1 aliphatic carbocycles. The van der Waals surface area contributed by atoms with E-state index < -0.39 is 6.10 Å². The van der Waals surface area contributed by atoms with Crippen LogP contribution in [0.2, 0.25) is 0 Å². The largest absolute Gasteiger partial charge is 0.390 e. The molecule has 3 rings (SSSR count). The van der Waals surface area contributed by atoms with E-state index in [2.05, 4.69) is 15.6 Å². The van der Waals surface area contributed by atoms with Crippen molar-refractivity contribution in [3.05, 3.63) is 47.0 Å². The Hall–Kier alpha value is -1.92. The molecule has 0 spiro atoms. The first-order chi connectivity index (χ1) is 9.24. The van der Waals surface area contributed by atoms with Crippen molar-refractivity contribution < 1.29 is 9.90 Å². The molecule has 2 amide bonds. The van der Waals surface area contributed by atoms with Gasteiger partial charge < -0.3 is 10.4 Å². The Balaban J connectivity index is 1.71. The predicted molar refractivity (Wildman–Crippen MR) is 73.2 cm³/mol. The molecule has 0 saturated heterocycles. The van der Waals surface area contributed by atoms with Crippen LogP contribution >= 0.6 is 11.3 Å². The highest BCUT2D eigenvalue weighted by atomic mass is 32.1. The fourth-order valence-corrected chi connectivity index (χ4v) is 2.83. The normalized spacial score (nSPS) is 20.9. The van der Waals surface area contributed by atoms with E-state index in [1.807, 2.05) is 24.3 Å². The second-order valence-electron chi connectivity index (χ2n) is 4.38. The number of anilines is 1. The van der Waals surface area contributed by atoms with Gasteiger partial charge in [-0.3, -0.25) is 5.32 Å². The minimum atomic E-state index is -0.584. The summed E-state index contributed by atoms with van der Waals surface area (Å²) in [6, 6.07) is 7.03. The van der Waals surface area contributed by atoms with E-state index in [0.717, 1.165) is 11.1 Å². The van der Waals surface area contributed by atoms with Crippen LogP contribution in [-0.2, 0) is 6.42 Å². The summed E-state index contributed by atoms with van der Waals surface area (Å²) in [6.45, 7) is 0. The number of carbonyl (C=O) groups excluding carboxylic acids is 1. The van der Waals surface area contributed by atoms with Gasteiger partial charge >= 0.3 is 6.03 Å². The Morgan fingerprint density at radius 3 is 3.05 bits per heavy atom. The average Bonchev–Trinajstić information content (AvgIpc) is 2.99. The fraction of sp³-hybridized carbons (Fsp3) is 0.231. The first-order valence-electron chi connectivity index (χ1n) is 5.97. The molecule has 0 fully saturated rings. The molecule has 0 saturated carbocycles. The summed E-state index contributed by atoms with van der Waals surface area (Å²) >= 11 is 1.35. The van der Waals surface area contributed by atoms with Crippen LogP contribution in [-0.4, -0.2) is 22.2 Å². The summed E-state index contributed by atoms with van der Waals surface area (Å²) in [6.07, 6.45) is 1.61. The second kappa shape index (κ2) is 4.99. The number of hydrogen-bond donors (Lipinski definition) is 3. The Kier molecular flexibility index (Phi) is 3.18. The van der Waals surface area contributed by atoms with E-state index in [-0.39, 0.29) is 12.1 Å². The second-order valence-corrected chi connectivity index (χ2v) is 5.28. The molecule has 1 aliphatic rings. The van der Waals surface area contributed by atoms with Crippen LogP contribution in [0.5, 0.6) is 0 Å². The van der Waals surface area contributed by atoms with Gasteiger partial charge in [-0.2, -0.15) is 0 Å². The van der Waals surface area contributed by atoms with E-state index in [1.54, 1.807) is 11.6 Å². The van der Waals surface area contributed by atoms with Gasteiger partial charge in [0.25, 0.3) is 0 Å². The lowest BCUT2D eigenvalue weighted by Crippen LogP contribution is -2.36. The molecule has 2 unspecified atom stereocenters. The molecular weight excluding hydrogens is 262 g/mol. The van der Waals surface area contributed by atoms with Crippen molar-refractivity contribution in [1.82, 2.24) is 10.3 Å². The van der Waals surface area contributed by atoms with Crippen molar-refractivity contribution in [3.63, 3.8) is 0 Å². The van der Waals surface area contributed by atoms with Gasteiger partial charge in [-0.25, -0.2) is 9.78 Å². The first kappa shape index (κ1) is 12.1. The number of fused-ring (bicyclic) bond motifs is 1. The molecule has 2 atom stereocenters. The maximum Gasteiger partial charge on any atom is 0.321 e. The van der Waals surface area contributed by atoms with Gasteiger partial charge in [0.05, 0.1) is 12.1 Å². The van der Waals surface area contributed by atoms with Gasteiger partial charge in [0.15, 0.2) is 5.13 Å². The number of nitrogens with zero attached hydrogens (tertiary/aromatic N) is 1. The minimum Gasteiger partial charge on any atom is -0.390 e. The van der Waals surface area contributed by atoms with Gasteiger partial charge in [-0.15, -0.1) is 11.3 Å². The zero-order valence-corrected chi connectivity index (χ0v) is 10.9. The highest BCUT2D eigenvalue weighted by Crippen LogP contribution is 2.31. The van der Waals surface area contributed by atoms with E-state index in [0.29, 0.717) is 11.6 Å². The predicted octanol–water partition coefficient (Wildman–Crippen LogP) is 1.92. The lowest BCUT2D eigenvalue weighted by Gasteiger charge is -2.17. The Labute approximate surface area is 114 Å². The quantitative estimate of drug-likeness (QED) is 0.784. The number of thiazole rings is 1. The number of nitrogens with one attached hydrogen (secondary N) is 2. The maximum absolute atomic E-state index is 11.9. The summed E-state index contributed by atoms with van der Waals surface area (Å²) in [4.78, 5) is 15.8. The molecule has 5 nitrogen and oxygen atoms in total.